The van der Waals surface area contributed by atoms with Crippen LogP contribution in [0.5, 0.6) is 0 Å². The fourth-order valence-electron chi connectivity index (χ4n) is 1.78. The molecule has 0 radical (unpaired) electrons. The molecule has 0 unspecified atom stereocenters. The minimum atomic E-state index is -0.642. The SMILES string of the molecule is CCOC(=O)C(=CC(C)(C)C=C(C)C)C(=O)OCC. The second-order valence-electron chi connectivity index (χ2n) is 5.04. The summed E-state index contributed by atoms with van der Waals surface area (Å²) in [6.07, 6.45) is 3.57. The highest BCUT2D eigenvalue weighted by molar-refractivity contribution is 6.14. The molecule has 0 aromatic heterocycles. The topological polar surface area (TPSA) is 52.6 Å². The smallest absolute Gasteiger partial charge is 0.345 e. The second kappa shape index (κ2) is 7.77. The summed E-state index contributed by atoms with van der Waals surface area (Å²) >= 11 is 0. The molecule has 0 rings (SSSR count). The first kappa shape index (κ1) is 17.4. The Labute approximate surface area is 115 Å². The van der Waals surface area contributed by atoms with Gasteiger partial charge in [0.1, 0.15) is 5.57 Å². The molecular weight excluding hydrogens is 244 g/mol. The van der Waals surface area contributed by atoms with Gasteiger partial charge in [0.25, 0.3) is 0 Å². The van der Waals surface area contributed by atoms with Crippen LogP contribution in [0.4, 0.5) is 0 Å². The van der Waals surface area contributed by atoms with Crippen molar-refractivity contribution in [3.8, 4) is 0 Å². The predicted octanol–water partition coefficient (Wildman–Crippen LogP) is 3.03. The molecule has 0 aliphatic rings. The first-order valence-corrected chi connectivity index (χ1v) is 6.46. The zero-order valence-electron chi connectivity index (χ0n) is 12.7. The van der Waals surface area contributed by atoms with Crippen LogP contribution < -0.4 is 0 Å². The quantitative estimate of drug-likeness (QED) is 0.244. The molecular formula is C15H24O4. The fraction of sp³-hybridized carbons (Fsp3) is 0.600. The summed E-state index contributed by atoms with van der Waals surface area (Å²) < 4.78 is 9.79. The van der Waals surface area contributed by atoms with Crippen molar-refractivity contribution < 1.29 is 19.1 Å². The van der Waals surface area contributed by atoms with Gasteiger partial charge in [-0.1, -0.05) is 31.6 Å². The van der Waals surface area contributed by atoms with Crippen molar-refractivity contribution in [1.82, 2.24) is 0 Å². The van der Waals surface area contributed by atoms with Gasteiger partial charge in [-0.25, -0.2) is 9.59 Å². The Bertz CT molecular complexity index is 365. The molecule has 0 aliphatic heterocycles. The number of rotatable bonds is 6. The summed E-state index contributed by atoms with van der Waals surface area (Å²) in [7, 11) is 0. The first-order chi connectivity index (χ1) is 8.73. The summed E-state index contributed by atoms with van der Waals surface area (Å²) in [6, 6.07) is 0. The van der Waals surface area contributed by atoms with Crippen LogP contribution in [-0.4, -0.2) is 25.2 Å². The highest BCUT2D eigenvalue weighted by atomic mass is 16.6. The zero-order chi connectivity index (χ0) is 15.1. The minimum absolute atomic E-state index is 0.0498. The first-order valence-electron chi connectivity index (χ1n) is 6.46. The van der Waals surface area contributed by atoms with E-state index in [4.69, 9.17) is 9.47 Å². The molecule has 0 atom stereocenters. The Kier molecular flexibility index (Phi) is 7.12. The van der Waals surface area contributed by atoms with Crippen molar-refractivity contribution in [3.05, 3.63) is 23.3 Å². The van der Waals surface area contributed by atoms with Crippen LogP contribution in [0.3, 0.4) is 0 Å². The Morgan fingerprint density at radius 2 is 1.37 bits per heavy atom. The van der Waals surface area contributed by atoms with E-state index in [1.54, 1.807) is 19.9 Å². The Hall–Kier alpha value is -1.58. The monoisotopic (exact) mass is 268 g/mol. The third-order valence-corrected chi connectivity index (χ3v) is 2.17. The molecule has 19 heavy (non-hydrogen) atoms. The minimum Gasteiger partial charge on any atom is -0.462 e. The maximum atomic E-state index is 11.8. The molecule has 0 saturated carbocycles. The molecule has 108 valence electrons. The van der Waals surface area contributed by atoms with E-state index >= 15 is 0 Å². The Morgan fingerprint density at radius 1 is 0.947 bits per heavy atom. The molecule has 0 aromatic rings. The molecule has 4 nitrogen and oxygen atoms in total. The summed E-state index contributed by atoms with van der Waals surface area (Å²) in [5.41, 5.74) is 0.632. The van der Waals surface area contributed by atoms with E-state index in [0.29, 0.717) is 0 Å². The van der Waals surface area contributed by atoms with Gasteiger partial charge in [0.2, 0.25) is 0 Å². The largest absolute Gasteiger partial charge is 0.462 e. The van der Waals surface area contributed by atoms with Gasteiger partial charge in [-0.2, -0.15) is 0 Å². The van der Waals surface area contributed by atoms with Crippen molar-refractivity contribution in [3.63, 3.8) is 0 Å². The van der Waals surface area contributed by atoms with Gasteiger partial charge in [0, 0.05) is 5.41 Å². The standard InChI is InChI=1S/C15H24O4/c1-7-18-13(16)12(14(17)19-8-2)10-15(5,6)9-11(3)4/h9-10H,7-8H2,1-6H3. The van der Waals surface area contributed by atoms with Crippen LogP contribution in [0.15, 0.2) is 23.3 Å². The summed E-state index contributed by atoms with van der Waals surface area (Å²) in [5, 5.41) is 0. The third kappa shape index (κ3) is 6.79. The highest BCUT2D eigenvalue weighted by Gasteiger charge is 2.24. The van der Waals surface area contributed by atoms with Gasteiger partial charge in [-0.15, -0.1) is 0 Å². The van der Waals surface area contributed by atoms with Crippen LogP contribution in [0.2, 0.25) is 0 Å². The summed E-state index contributed by atoms with van der Waals surface area (Å²) in [6.45, 7) is 11.6. The summed E-state index contributed by atoms with van der Waals surface area (Å²) in [5.74, 6) is -1.28. The number of esters is 2. The second-order valence-corrected chi connectivity index (χ2v) is 5.04. The predicted molar refractivity (Wildman–Crippen MR) is 74.6 cm³/mol. The number of ether oxygens (including phenoxy) is 2. The number of carbonyl (C=O) groups is 2. The molecule has 0 bridgehead atoms. The number of allylic oxidation sites excluding steroid dienone is 3. The molecule has 0 amide bonds. The van der Waals surface area contributed by atoms with Crippen molar-refractivity contribution in [2.24, 2.45) is 5.41 Å². The number of carbonyl (C=O) groups excluding carboxylic acids is 2. The lowest BCUT2D eigenvalue weighted by atomic mass is 9.88. The van der Waals surface area contributed by atoms with E-state index < -0.39 is 17.4 Å². The fourth-order valence-corrected chi connectivity index (χ4v) is 1.78. The maximum absolute atomic E-state index is 11.8. The van der Waals surface area contributed by atoms with Gasteiger partial charge < -0.3 is 9.47 Å². The maximum Gasteiger partial charge on any atom is 0.345 e. The van der Waals surface area contributed by atoms with Gasteiger partial charge in [-0.05, 0) is 27.7 Å². The van der Waals surface area contributed by atoms with E-state index in [9.17, 15) is 9.59 Å². The number of hydrogen-bond acceptors (Lipinski definition) is 4. The lowest BCUT2D eigenvalue weighted by Gasteiger charge is -2.18. The zero-order valence-corrected chi connectivity index (χ0v) is 12.7. The van der Waals surface area contributed by atoms with Crippen LogP contribution in [0, 0.1) is 5.41 Å². The van der Waals surface area contributed by atoms with Crippen LogP contribution in [0.25, 0.3) is 0 Å². The molecule has 0 aliphatic carbocycles. The van der Waals surface area contributed by atoms with Gasteiger partial charge in [0.15, 0.2) is 0 Å². The molecule has 0 N–H and O–H groups in total. The van der Waals surface area contributed by atoms with E-state index in [1.807, 2.05) is 33.8 Å². The number of hydrogen-bond donors (Lipinski definition) is 0. The highest BCUT2D eigenvalue weighted by Crippen LogP contribution is 2.24. The van der Waals surface area contributed by atoms with Crippen molar-refractivity contribution >= 4 is 11.9 Å². The lowest BCUT2D eigenvalue weighted by molar-refractivity contribution is -0.146. The summed E-state index contributed by atoms with van der Waals surface area (Å²) in [4.78, 5) is 23.6. The average molecular weight is 268 g/mol. The van der Waals surface area contributed by atoms with Gasteiger partial charge in [-0.3, -0.25) is 0 Å². The van der Waals surface area contributed by atoms with E-state index in [-0.39, 0.29) is 18.8 Å². The van der Waals surface area contributed by atoms with Gasteiger partial charge >= 0.3 is 11.9 Å². The molecule has 0 heterocycles. The van der Waals surface area contributed by atoms with E-state index in [1.165, 1.54) is 0 Å². The van der Waals surface area contributed by atoms with Crippen LogP contribution in [0.1, 0.15) is 41.5 Å². The Balaban J connectivity index is 5.40. The van der Waals surface area contributed by atoms with E-state index in [0.717, 1.165) is 5.57 Å². The Morgan fingerprint density at radius 3 is 1.68 bits per heavy atom. The van der Waals surface area contributed by atoms with Crippen LogP contribution >= 0.6 is 0 Å². The van der Waals surface area contributed by atoms with Crippen molar-refractivity contribution in [1.29, 1.82) is 0 Å². The van der Waals surface area contributed by atoms with Crippen LogP contribution in [-0.2, 0) is 19.1 Å². The molecule has 0 fully saturated rings. The molecule has 0 aromatic carbocycles. The average Bonchev–Trinajstić information content (AvgIpc) is 2.24. The van der Waals surface area contributed by atoms with Crippen molar-refractivity contribution in [2.75, 3.05) is 13.2 Å². The van der Waals surface area contributed by atoms with Crippen molar-refractivity contribution in [2.45, 2.75) is 41.5 Å². The van der Waals surface area contributed by atoms with E-state index in [2.05, 4.69) is 0 Å². The lowest BCUT2D eigenvalue weighted by Crippen LogP contribution is -2.21. The normalized spacial score (nSPS) is 10.4. The molecule has 0 saturated heterocycles. The molecule has 4 heteroatoms. The third-order valence-electron chi connectivity index (χ3n) is 2.17. The molecule has 0 spiro atoms. The van der Waals surface area contributed by atoms with Gasteiger partial charge in [0.05, 0.1) is 13.2 Å².